The van der Waals surface area contributed by atoms with Crippen LogP contribution in [-0.2, 0) is 14.8 Å². The van der Waals surface area contributed by atoms with Crippen LogP contribution in [0.4, 0.5) is 5.69 Å². The molecule has 7 nitrogen and oxygen atoms in total. The molecule has 0 saturated heterocycles. The summed E-state index contributed by atoms with van der Waals surface area (Å²) in [6.07, 6.45) is 0.549. The first kappa shape index (κ1) is 17.4. The van der Waals surface area contributed by atoms with Gasteiger partial charge >= 0.3 is 5.97 Å². The van der Waals surface area contributed by atoms with Crippen LogP contribution in [0, 0.1) is 0 Å². The number of ether oxygens (including phenoxy) is 1. The quantitative estimate of drug-likeness (QED) is 0.590. The first-order valence-electron chi connectivity index (χ1n) is 6.55. The van der Waals surface area contributed by atoms with E-state index in [4.69, 9.17) is 9.84 Å². The van der Waals surface area contributed by atoms with E-state index in [0.717, 1.165) is 6.07 Å². The van der Waals surface area contributed by atoms with Gasteiger partial charge in [-0.25, -0.2) is 17.9 Å². The Kier molecular flexibility index (Phi) is 6.60. The molecule has 1 rings (SSSR count). The van der Waals surface area contributed by atoms with Crippen LogP contribution in [0.1, 0.15) is 23.7 Å². The Hall–Kier alpha value is -1.64. The third kappa shape index (κ3) is 5.00. The summed E-state index contributed by atoms with van der Waals surface area (Å²) in [5, 5.41) is 11.8. The fourth-order valence-electron chi connectivity index (χ4n) is 1.69. The van der Waals surface area contributed by atoms with Crippen molar-refractivity contribution in [3.05, 3.63) is 23.8 Å². The van der Waals surface area contributed by atoms with Gasteiger partial charge in [0.2, 0.25) is 10.0 Å². The van der Waals surface area contributed by atoms with Gasteiger partial charge in [-0.2, -0.15) is 0 Å². The molecule has 0 heterocycles. The third-order valence-corrected chi connectivity index (χ3v) is 4.22. The summed E-state index contributed by atoms with van der Waals surface area (Å²) in [7, 11) is -2.15. The van der Waals surface area contributed by atoms with Gasteiger partial charge in [0.1, 0.15) is 0 Å². The van der Waals surface area contributed by atoms with E-state index in [0.29, 0.717) is 25.3 Å². The third-order valence-electron chi connectivity index (χ3n) is 2.76. The summed E-state index contributed by atoms with van der Waals surface area (Å²) in [6.45, 7) is 3.15. The molecule has 0 atom stereocenters. The molecule has 3 N–H and O–H groups in total. The largest absolute Gasteiger partial charge is 0.478 e. The van der Waals surface area contributed by atoms with E-state index in [2.05, 4.69) is 10.0 Å². The number of carboxylic acids is 1. The second kappa shape index (κ2) is 7.96. The van der Waals surface area contributed by atoms with E-state index in [1.165, 1.54) is 12.1 Å². The molecule has 0 aliphatic carbocycles. The lowest BCUT2D eigenvalue weighted by atomic mass is 10.2. The molecule has 0 unspecified atom stereocenters. The van der Waals surface area contributed by atoms with E-state index in [1.54, 1.807) is 7.05 Å². The van der Waals surface area contributed by atoms with Gasteiger partial charge in [-0.1, -0.05) is 0 Å². The van der Waals surface area contributed by atoms with Crippen molar-refractivity contribution in [2.75, 3.05) is 32.1 Å². The number of carboxylic acid groups (broad SMARTS) is 1. The molecular weight excluding hydrogens is 296 g/mol. The Morgan fingerprint density at radius 1 is 1.38 bits per heavy atom. The molecule has 0 saturated carbocycles. The summed E-state index contributed by atoms with van der Waals surface area (Å²) in [5.41, 5.74) is 0.271. The second-order valence-electron chi connectivity index (χ2n) is 4.21. The van der Waals surface area contributed by atoms with Gasteiger partial charge in [-0.05, 0) is 31.5 Å². The molecule has 0 radical (unpaired) electrons. The monoisotopic (exact) mass is 316 g/mol. The molecule has 0 bridgehead atoms. The Labute approximate surface area is 124 Å². The highest BCUT2D eigenvalue weighted by Crippen LogP contribution is 2.20. The molecule has 0 aromatic heterocycles. The number of hydrogen-bond donors (Lipinski definition) is 3. The minimum atomic E-state index is -3.73. The molecule has 0 fully saturated rings. The zero-order valence-electron chi connectivity index (χ0n) is 12.0. The van der Waals surface area contributed by atoms with E-state index < -0.39 is 16.0 Å². The number of aromatic carboxylic acids is 1. The summed E-state index contributed by atoms with van der Waals surface area (Å²) in [6, 6.07) is 3.93. The number of benzene rings is 1. The molecule has 118 valence electrons. The molecule has 0 aliphatic heterocycles. The Morgan fingerprint density at radius 3 is 2.67 bits per heavy atom. The van der Waals surface area contributed by atoms with Crippen molar-refractivity contribution in [1.29, 1.82) is 0 Å². The number of carbonyl (C=O) groups is 1. The average molecular weight is 316 g/mol. The Morgan fingerprint density at radius 2 is 2.10 bits per heavy atom. The summed E-state index contributed by atoms with van der Waals surface area (Å²) in [5.74, 6) is -1.19. The number of nitrogens with one attached hydrogen (secondary N) is 2. The van der Waals surface area contributed by atoms with E-state index in [-0.39, 0.29) is 17.0 Å². The first-order chi connectivity index (χ1) is 9.92. The van der Waals surface area contributed by atoms with Crippen LogP contribution in [0.3, 0.4) is 0 Å². The number of sulfonamides is 1. The van der Waals surface area contributed by atoms with E-state index >= 15 is 0 Å². The lowest BCUT2D eigenvalue weighted by Gasteiger charge is -2.10. The van der Waals surface area contributed by atoms with Crippen LogP contribution >= 0.6 is 0 Å². The van der Waals surface area contributed by atoms with Crippen LogP contribution in [0.5, 0.6) is 0 Å². The second-order valence-corrected chi connectivity index (χ2v) is 5.98. The van der Waals surface area contributed by atoms with Crippen molar-refractivity contribution in [1.82, 2.24) is 4.72 Å². The zero-order chi connectivity index (χ0) is 15.9. The zero-order valence-corrected chi connectivity index (χ0v) is 12.9. The maximum atomic E-state index is 12.1. The standard InChI is InChI=1S/C13H20N2O5S/c1-3-20-8-4-7-15-21(18,19)10-5-6-12(14-2)11(9-10)13(16)17/h5-6,9,14-15H,3-4,7-8H2,1-2H3,(H,16,17). The van der Waals surface area contributed by atoms with Crippen LogP contribution in [0.2, 0.25) is 0 Å². The lowest BCUT2D eigenvalue weighted by molar-refractivity contribution is 0.0697. The van der Waals surface area contributed by atoms with Gasteiger partial charge in [0.05, 0.1) is 10.5 Å². The molecule has 0 spiro atoms. The van der Waals surface area contributed by atoms with Crippen molar-refractivity contribution in [2.45, 2.75) is 18.2 Å². The van der Waals surface area contributed by atoms with Gasteiger partial charge in [0, 0.05) is 32.5 Å². The fourth-order valence-corrected chi connectivity index (χ4v) is 2.79. The van der Waals surface area contributed by atoms with E-state index in [1.807, 2.05) is 6.92 Å². The van der Waals surface area contributed by atoms with Crippen molar-refractivity contribution in [2.24, 2.45) is 0 Å². The number of hydrogen-bond acceptors (Lipinski definition) is 5. The van der Waals surface area contributed by atoms with Crippen LogP contribution < -0.4 is 10.0 Å². The van der Waals surface area contributed by atoms with Gasteiger partial charge in [-0.3, -0.25) is 0 Å². The number of rotatable bonds is 9. The topological polar surface area (TPSA) is 105 Å². The van der Waals surface area contributed by atoms with Crippen LogP contribution in [0.25, 0.3) is 0 Å². The average Bonchev–Trinajstić information content (AvgIpc) is 2.46. The molecule has 0 aliphatic rings. The summed E-state index contributed by atoms with van der Waals surface area (Å²) >= 11 is 0. The van der Waals surface area contributed by atoms with Gasteiger partial charge < -0.3 is 15.2 Å². The van der Waals surface area contributed by atoms with Crippen molar-refractivity contribution >= 4 is 21.7 Å². The van der Waals surface area contributed by atoms with E-state index in [9.17, 15) is 13.2 Å². The maximum Gasteiger partial charge on any atom is 0.337 e. The molecule has 8 heteroatoms. The molecule has 0 amide bonds. The first-order valence-corrected chi connectivity index (χ1v) is 8.03. The number of anilines is 1. The Balaban J connectivity index is 2.83. The minimum absolute atomic E-state index is 0.0738. The van der Waals surface area contributed by atoms with Crippen LogP contribution in [0.15, 0.2) is 23.1 Å². The van der Waals surface area contributed by atoms with Gasteiger partial charge in [0.15, 0.2) is 0 Å². The molecule has 21 heavy (non-hydrogen) atoms. The summed E-state index contributed by atoms with van der Waals surface area (Å²) in [4.78, 5) is 11.0. The highest BCUT2D eigenvalue weighted by atomic mass is 32.2. The van der Waals surface area contributed by atoms with Crippen molar-refractivity contribution in [3.8, 4) is 0 Å². The lowest BCUT2D eigenvalue weighted by Crippen LogP contribution is -2.26. The predicted octanol–water partition coefficient (Wildman–Crippen LogP) is 1.13. The molecule has 1 aromatic carbocycles. The van der Waals surface area contributed by atoms with Crippen LogP contribution in [-0.4, -0.2) is 46.3 Å². The molecular formula is C13H20N2O5S. The predicted molar refractivity (Wildman–Crippen MR) is 79.2 cm³/mol. The highest BCUT2D eigenvalue weighted by Gasteiger charge is 2.18. The smallest absolute Gasteiger partial charge is 0.337 e. The molecule has 1 aromatic rings. The normalized spacial score (nSPS) is 11.3. The summed E-state index contributed by atoms with van der Waals surface area (Å²) < 4.78 is 31.7. The SMILES string of the molecule is CCOCCCNS(=O)(=O)c1ccc(NC)c(C(=O)O)c1. The van der Waals surface area contributed by atoms with Gasteiger partial charge in [0.25, 0.3) is 0 Å². The van der Waals surface area contributed by atoms with Crippen molar-refractivity contribution < 1.29 is 23.1 Å². The maximum absolute atomic E-state index is 12.1. The highest BCUT2D eigenvalue weighted by molar-refractivity contribution is 7.89. The minimum Gasteiger partial charge on any atom is -0.478 e. The van der Waals surface area contributed by atoms with Gasteiger partial charge in [-0.15, -0.1) is 0 Å². The Bertz CT molecular complexity index is 586. The van der Waals surface area contributed by atoms with Crippen molar-refractivity contribution in [3.63, 3.8) is 0 Å². The fraction of sp³-hybridized carbons (Fsp3) is 0.462.